The minimum absolute atomic E-state index is 1.02. The van der Waals surface area contributed by atoms with E-state index in [-0.39, 0.29) is 0 Å². The van der Waals surface area contributed by atoms with Gasteiger partial charge in [0.2, 0.25) is 0 Å². The largest absolute Gasteiger partial charge is 0.315 e. The molecule has 0 aromatic carbocycles. The second kappa shape index (κ2) is 7.49. The Morgan fingerprint density at radius 1 is 1.11 bits per heavy atom. The number of nitrogens with zero attached hydrogens (tertiary/aromatic N) is 1. The van der Waals surface area contributed by atoms with Crippen molar-refractivity contribution in [1.82, 2.24) is 10.2 Å². The van der Waals surface area contributed by atoms with Crippen LogP contribution in [0.25, 0.3) is 0 Å². The standard InChI is InChI=1S/C16H32N2/c1-3-4-5-8-17-9-10-18(2)13-16-12-14-6-7-15(16)11-14/h14-17H,3-13H2,1-2H3. The molecule has 0 aliphatic heterocycles. The highest BCUT2D eigenvalue weighted by atomic mass is 15.1. The Labute approximate surface area is 114 Å². The third-order valence-electron chi connectivity index (χ3n) is 5.06. The molecule has 2 saturated carbocycles. The Hall–Kier alpha value is -0.0800. The molecule has 2 aliphatic carbocycles. The molecular formula is C16H32N2. The van der Waals surface area contributed by atoms with Crippen molar-refractivity contribution in [3.63, 3.8) is 0 Å². The third-order valence-corrected chi connectivity index (χ3v) is 5.06. The molecule has 2 rings (SSSR count). The minimum Gasteiger partial charge on any atom is -0.315 e. The van der Waals surface area contributed by atoms with E-state index in [9.17, 15) is 0 Å². The lowest BCUT2D eigenvalue weighted by Crippen LogP contribution is -2.34. The van der Waals surface area contributed by atoms with E-state index in [1.165, 1.54) is 64.7 Å². The number of unbranched alkanes of at least 4 members (excludes halogenated alkanes) is 2. The van der Waals surface area contributed by atoms with Gasteiger partial charge in [0, 0.05) is 19.6 Å². The zero-order valence-corrected chi connectivity index (χ0v) is 12.5. The van der Waals surface area contributed by atoms with Crippen LogP contribution < -0.4 is 5.32 Å². The van der Waals surface area contributed by atoms with Gasteiger partial charge in [-0.3, -0.25) is 0 Å². The molecule has 106 valence electrons. The first kappa shape index (κ1) is 14.3. The molecule has 0 radical (unpaired) electrons. The third kappa shape index (κ3) is 4.24. The molecule has 2 bridgehead atoms. The molecule has 3 unspecified atom stereocenters. The summed E-state index contributed by atoms with van der Waals surface area (Å²) >= 11 is 0. The van der Waals surface area contributed by atoms with Crippen LogP contribution in [0.15, 0.2) is 0 Å². The predicted molar refractivity (Wildman–Crippen MR) is 78.8 cm³/mol. The van der Waals surface area contributed by atoms with E-state index in [4.69, 9.17) is 0 Å². The van der Waals surface area contributed by atoms with Crippen LogP contribution in [0.2, 0.25) is 0 Å². The van der Waals surface area contributed by atoms with Gasteiger partial charge in [-0.1, -0.05) is 26.2 Å². The molecule has 2 fully saturated rings. The van der Waals surface area contributed by atoms with Crippen molar-refractivity contribution in [1.29, 1.82) is 0 Å². The van der Waals surface area contributed by atoms with Crippen molar-refractivity contribution in [2.45, 2.75) is 51.9 Å². The first-order valence-electron chi connectivity index (χ1n) is 8.18. The van der Waals surface area contributed by atoms with Crippen LogP contribution in [-0.4, -0.2) is 38.1 Å². The van der Waals surface area contributed by atoms with Gasteiger partial charge < -0.3 is 10.2 Å². The van der Waals surface area contributed by atoms with Gasteiger partial charge in [-0.25, -0.2) is 0 Å². The van der Waals surface area contributed by atoms with E-state index in [1.807, 2.05) is 0 Å². The van der Waals surface area contributed by atoms with Crippen LogP contribution in [0.3, 0.4) is 0 Å². The lowest BCUT2D eigenvalue weighted by atomic mass is 9.88. The normalized spacial score (nSPS) is 30.5. The maximum absolute atomic E-state index is 3.57. The van der Waals surface area contributed by atoms with Crippen molar-refractivity contribution in [3.8, 4) is 0 Å². The Bertz CT molecular complexity index is 229. The summed E-state index contributed by atoms with van der Waals surface area (Å²) in [6.07, 6.45) is 10.2. The van der Waals surface area contributed by atoms with Gasteiger partial charge in [-0.05, 0) is 57.0 Å². The van der Waals surface area contributed by atoms with Crippen molar-refractivity contribution >= 4 is 0 Å². The number of fused-ring (bicyclic) bond motifs is 2. The second-order valence-corrected chi connectivity index (χ2v) is 6.65. The molecule has 0 aromatic heterocycles. The zero-order chi connectivity index (χ0) is 12.8. The van der Waals surface area contributed by atoms with Gasteiger partial charge in [0.1, 0.15) is 0 Å². The molecule has 0 aromatic rings. The first-order valence-corrected chi connectivity index (χ1v) is 8.18. The maximum atomic E-state index is 3.57. The summed E-state index contributed by atoms with van der Waals surface area (Å²) in [6.45, 7) is 7.21. The molecule has 0 saturated heterocycles. The Morgan fingerprint density at radius 3 is 2.67 bits per heavy atom. The van der Waals surface area contributed by atoms with Gasteiger partial charge in [-0.2, -0.15) is 0 Å². The summed E-state index contributed by atoms with van der Waals surface area (Å²) in [5.74, 6) is 3.20. The lowest BCUT2D eigenvalue weighted by molar-refractivity contribution is 0.220. The van der Waals surface area contributed by atoms with Crippen molar-refractivity contribution in [2.24, 2.45) is 17.8 Å². The molecule has 0 amide bonds. The van der Waals surface area contributed by atoms with Gasteiger partial charge in [-0.15, -0.1) is 0 Å². The summed E-state index contributed by atoms with van der Waals surface area (Å²) in [5, 5.41) is 3.57. The Morgan fingerprint density at radius 2 is 2.00 bits per heavy atom. The molecule has 2 heteroatoms. The molecule has 2 nitrogen and oxygen atoms in total. The number of rotatable bonds is 9. The Balaban J connectivity index is 1.49. The number of hydrogen-bond donors (Lipinski definition) is 1. The SMILES string of the molecule is CCCCCNCCN(C)CC1CC2CCC1C2. The van der Waals surface area contributed by atoms with Crippen molar-refractivity contribution < 1.29 is 0 Å². The average Bonchev–Trinajstić information content (AvgIpc) is 2.95. The highest BCUT2D eigenvalue weighted by molar-refractivity contribution is 4.90. The highest BCUT2D eigenvalue weighted by Crippen LogP contribution is 2.48. The van der Waals surface area contributed by atoms with Crippen molar-refractivity contribution in [3.05, 3.63) is 0 Å². The zero-order valence-electron chi connectivity index (χ0n) is 12.5. The Kier molecular flexibility index (Phi) is 5.97. The van der Waals surface area contributed by atoms with Crippen molar-refractivity contribution in [2.75, 3.05) is 33.2 Å². The molecule has 0 heterocycles. The van der Waals surface area contributed by atoms with Gasteiger partial charge in [0.25, 0.3) is 0 Å². The predicted octanol–water partition coefficient (Wildman–Crippen LogP) is 3.13. The van der Waals surface area contributed by atoms with E-state index < -0.39 is 0 Å². The average molecular weight is 252 g/mol. The second-order valence-electron chi connectivity index (χ2n) is 6.65. The van der Waals surface area contributed by atoms with E-state index in [1.54, 1.807) is 6.42 Å². The molecule has 3 atom stereocenters. The van der Waals surface area contributed by atoms with Crippen LogP contribution in [0.4, 0.5) is 0 Å². The van der Waals surface area contributed by atoms with Crippen LogP contribution in [0.5, 0.6) is 0 Å². The highest BCUT2D eigenvalue weighted by Gasteiger charge is 2.39. The topological polar surface area (TPSA) is 15.3 Å². The fourth-order valence-corrected chi connectivity index (χ4v) is 3.99. The summed E-state index contributed by atoms with van der Waals surface area (Å²) in [6, 6.07) is 0. The molecular weight excluding hydrogens is 220 g/mol. The van der Waals surface area contributed by atoms with E-state index in [0.29, 0.717) is 0 Å². The van der Waals surface area contributed by atoms with Gasteiger partial charge >= 0.3 is 0 Å². The summed E-state index contributed by atoms with van der Waals surface area (Å²) < 4.78 is 0. The molecule has 2 aliphatic rings. The van der Waals surface area contributed by atoms with Crippen LogP contribution in [-0.2, 0) is 0 Å². The molecule has 1 N–H and O–H groups in total. The summed E-state index contributed by atoms with van der Waals surface area (Å²) in [7, 11) is 2.31. The number of likely N-dealkylation sites (N-methyl/N-ethyl adjacent to an activating group) is 1. The number of nitrogens with one attached hydrogen (secondary N) is 1. The van der Waals surface area contributed by atoms with Crippen LogP contribution in [0, 0.1) is 17.8 Å². The molecule has 0 spiro atoms. The van der Waals surface area contributed by atoms with Gasteiger partial charge in [0.05, 0.1) is 0 Å². The molecule has 18 heavy (non-hydrogen) atoms. The maximum Gasteiger partial charge on any atom is 0.0104 e. The fourth-order valence-electron chi connectivity index (χ4n) is 3.99. The minimum atomic E-state index is 1.02. The quantitative estimate of drug-likeness (QED) is 0.634. The first-order chi connectivity index (χ1) is 8.79. The lowest BCUT2D eigenvalue weighted by Gasteiger charge is -2.27. The monoisotopic (exact) mass is 252 g/mol. The van der Waals surface area contributed by atoms with E-state index in [2.05, 4.69) is 24.2 Å². The van der Waals surface area contributed by atoms with Crippen LogP contribution in [0.1, 0.15) is 51.9 Å². The fraction of sp³-hybridized carbons (Fsp3) is 1.00. The summed E-state index contributed by atoms with van der Waals surface area (Å²) in [5.41, 5.74) is 0. The van der Waals surface area contributed by atoms with Gasteiger partial charge in [0.15, 0.2) is 0 Å². The number of hydrogen-bond acceptors (Lipinski definition) is 2. The smallest absolute Gasteiger partial charge is 0.0104 e. The van der Waals surface area contributed by atoms with E-state index >= 15 is 0 Å². The van der Waals surface area contributed by atoms with E-state index in [0.717, 1.165) is 17.8 Å². The summed E-state index contributed by atoms with van der Waals surface area (Å²) in [4.78, 5) is 2.55. The van der Waals surface area contributed by atoms with Crippen LogP contribution >= 0.6 is 0 Å².